The Labute approximate surface area is 95.5 Å². The molecule has 1 rings (SSSR count). The summed E-state index contributed by atoms with van der Waals surface area (Å²) in [5.41, 5.74) is 7.47. The van der Waals surface area contributed by atoms with Crippen LogP contribution in [0.1, 0.15) is 5.56 Å². The van der Waals surface area contributed by atoms with Gasteiger partial charge in [0.15, 0.2) is 5.11 Å². The largest absolute Gasteiger partial charge is 0.506 e. The number of aromatic hydroxyl groups is 1. The summed E-state index contributed by atoms with van der Waals surface area (Å²) in [6.07, 6.45) is 1.15. The zero-order chi connectivity index (χ0) is 11.4. The molecule has 0 spiro atoms. The summed E-state index contributed by atoms with van der Waals surface area (Å²) in [7, 11) is 0. The Kier molecular flexibility index (Phi) is 3.81. The highest BCUT2D eigenvalue weighted by molar-refractivity contribution is 7.80. The molecule has 0 atom stereocenters. The Balaban J connectivity index is 2.90. The quantitative estimate of drug-likeness (QED) is 0.419. The molecular weight excluding hydrogens is 241 g/mol. The van der Waals surface area contributed by atoms with E-state index in [4.69, 9.17) is 22.4 Å². The molecule has 0 unspecified atom stereocenters. The van der Waals surface area contributed by atoms with Crippen LogP contribution in [0.25, 0.3) is 0 Å². The van der Waals surface area contributed by atoms with E-state index in [0.29, 0.717) is 0 Å². The minimum Gasteiger partial charge on any atom is -0.506 e. The number of benzene rings is 1. The molecule has 4 N–H and O–H groups in total. The van der Waals surface area contributed by atoms with Gasteiger partial charge in [0.2, 0.25) is 0 Å². The SMILES string of the molecule is NC(=S)NN=Cc1cc(Cl)c(O)cc1F. The van der Waals surface area contributed by atoms with E-state index in [1.165, 1.54) is 6.07 Å². The van der Waals surface area contributed by atoms with Gasteiger partial charge in [0.25, 0.3) is 0 Å². The van der Waals surface area contributed by atoms with Gasteiger partial charge in [-0.05, 0) is 18.3 Å². The summed E-state index contributed by atoms with van der Waals surface area (Å²) < 4.78 is 13.2. The van der Waals surface area contributed by atoms with E-state index in [2.05, 4.69) is 22.7 Å². The van der Waals surface area contributed by atoms with Gasteiger partial charge in [-0.3, -0.25) is 5.43 Å². The molecule has 0 fully saturated rings. The number of nitrogens with zero attached hydrogens (tertiary/aromatic N) is 1. The minimum atomic E-state index is -0.648. The predicted molar refractivity (Wildman–Crippen MR) is 60.6 cm³/mol. The summed E-state index contributed by atoms with van der Waals surface area (Å²) in [4.78, 5) is 0. The van der Waals surface area contributed by atoms with Crippen molar-refractivity contribution in [2.75, 3.05) is 0 Å². The summed E-state index contributed by atoms with van der Waals surface area (Å²) in [6, 6.07) is 2.13. The fraction of sp³-hybridized carbons (Fsp3) is 0. The number of phenolic OH excluding ortho intramolecular Hbond substituents is 1. The van der Waals surface area contributed by atoms with E-state index in [1.54, 1.807) is 0 Å². The van der Waals surface area contributed by atoms with E-state index >= 15 is 0 Å². The smallest absolute Gasteiger partial charge is 0.184 e. The average Bonchev–Trinajstić information content (AvgIpc) is 2.13. The van der Waals surface area contributed by atoms with E-state index in [0.717, 1.165) is 12.3 Å². The van der Waals surface area contributed by atoms with Gasteiger partial charge in [-0.25, -0.2) is 4.39 Å². The van der Waals surface area contributed by atoms with Crippen molar-refractivity contribution in [3.63, 3.8) is 0 Å². The van der Waals surface area contributed by atoms with Crippen molar-refractivity contribution in [2.45, 2.75) is 0 Å². The summed E-state index contributed by atoms with van der Waals surface area (Å²) >= 11 is 10.1. The number of nitrogens with two attached hydrogens (primary N) is 1. The fourth-order valence-corrected chi connectivity index (χ4v) is 1.04. The van der Waals surface area contributed by atoms with E-state index in [9.17, 15) is 4.39 Å². The second-order valence-corrected chi connectivity index (χ2v) is 3.41. The first-order valence-corrected chi connectivity index (χ1v) is 4.56. The van der Waals surface area contributed by atoms with Gasteiger partial charge >= 0.3 is 0 Å². The highest BCUT2D eigenvalue weighted by atomic mass is 35.5. The van der Waals surface area contributed by atoms with Crippen LogP contribution < -0.4 is 11.2 Å². The maximum absolute atomic E-state index is 13.2. The molecule has 0 heterocycles. The number of halogens is 2. The summed E-state index contributed by atoms with van der Waals surface area (Å²) in [5.74, 6) is -0.973. The molecule has 0 aromatic heterocycles. The predicted octanol–water partition coefficient (Wildman–Crippen LogP) is 1.35. The lowest BCUT2D eigenvalue weighted by molar-refractivity contribution is 0.469. The van der Waals surface area contributed by atoms with Gasteiger partial charge in [0.1, 0.15) is 11.6 Å². The van der Waals surface area contributed by atoms with Crippen molar-refractivity contribution in [1.82, 2.24) is 5.43 Å². The van der Waals surface area contributed by atoms with Crippen molar-refractivity contribution in [2.24, 2.45) is 10.8 Å². The van der Waals surface area contributed by atoms with Crippen molar-refractivity contribution in [3.05, 3.63) is 28.5 Å². The molecule has 0 amide bonds. The van der Waals surface area contributed by atoms with Crippen LogP contribution in [0.3, 0.4) is 0 Å². The number of thiocarbonyl (C=S) groups is 1. The minimum absolute atomic E-state index is 0.0310. The molecule has 1 aromatic rings. The van der Waals surface area contributed by atoms with Crippen molar-refractivity contribution in [3.8, 4) is 5.75 Å². The highest BCUT2D eigenvalue weighted by Gasteiger charge is 2.05. The van der Waals surface area contributed by atoms with Crippen molar-refractivity contribution >= 4 is 35.1 Å². The van der Waals surface area contributed by atoms with Gasteiger partial charge in [-0.1, -0.05) is 11.6 Å². The lowest BCUT2D eigenvalue weighted by atomic mass is 10.2. The average molecular weight is 248 g/mol. The van der Waals surface area contributed by atoms with Crippen LogP contribution in [0.4, 0.5) is 4.39 Å². The molecule has 0 radical (unpaired) electrons. The van der Waals surface area contributed by atoms with Gasteiger partial charge in [-0.2, -0.15) is 5.10 Å². The van der Waals surface area contributed by atoms with Gasteiger partial charge < -0.3 is 10.8 Å². The third-order valence-electron chi connectivity index (χ3n) is 1.44. The summed E-state index contributed by atoms with van der Waals surface area (Å²) in [6.45, 7) is 0. The second-order valence-electron chi connectivity index (χ2n) is 2.56. The molecule has 4 nitrogen and oxygen atoms in total. The molecule has 80 valence electrons. The van der Waals surface area contributed by atoms with E-state index < -0.39 is 5.82 Å². The van der Waals surface area contributed by atoms with Gasteiger partial charge in [-0.15, -0.1) is 0 Å². The number of hydrogen-bond donors (Lipinski definition) is 3. The first-order valence-electron chi connectivity index (χ1n) is 3.77. The first-order chi connectivity index (χ1) is 7.00. The number of nitrogens with one attached hydrogen (secondary N) is 1. The lowest BCUT2D eigenvalue weighted by Gasteiger charge is -2.00. The Hall–Kier alpha value is -1.40. The normalized spacial score (nSPS) is 10.5. The monoisotopic (exact) mass is 247 g/mol. The van der Waals surface area contributed by atoms with Crippen LogP contribution >= 0.6 is 23.8 Å². The van der Waals surface area contributed by atoms with Crippen LogP contribution in [-0.2, 0) is 0 Å². The van der Waals surface area contributed by atoms with Crippen molar-refractivity contribution < 1.29 is 9.50 Å². The molecule has 7 heteroatoms. The fourth-order valence-electron chi connectivity index (χ4n) is 0.816. The first kappa shape index (κ1) is 11.7. The Morgan fingerprint density at radius 1 is 1.67 bits per heavy atom. The van der Waals surface area contributed by atoms with Crippen molar-refractivity contribution in [1.29, 1.82) is 0 Å². The van der Waals surface area contributed by atoms with Crippen LogP contribution in [-0.4, -0.2) is 16.4 Å². The molecular formula is C8H7ClFN3OS. The number of hydrazone groups is 1. The molecule has 0 aliphatic rings. The Bertz CT molecular complexity index is 425. The maximum atomic E-state index is 13.2. The van der Waals surface area contributed by atoms with E-state index in [1.807, 2.05) is 0 Å². The summed E-state index contributed by atoms with van der Waals surface area (Å²) in [5, 5.41) is 12.6. The maximum Gasteiger partial charge on any atom is 0.184 e. The lowest BCUT2D eigenvalue weighted by Crippen LogP contribution is -2.24. The zero-order valence-corrected chi connectivity index (χ0v) is 8.94. The molecule has 1 aromatic carbocycles. The van der Waals surface area contributed by atoms with Crippen LogP contribution in [0.15, 0.2) is 17.2 Å². The Morgan fingerprint density at radius 3 is 2.93 bits per heavy atom. The number of hydrogen-bond acceptors (Lipinski definition) is 3. The van der Waals surface area contributed by atoms with Gasteiger partial charge in [0.05, 0.1) is 11.2 Å². The van der Waals surface area contributed by atoms with E-state index in [-0.39, 0.29) is 21.4 Å². The van der Waals surface area contributed by atoms with Gasteiger partial charge in [0, 0.05) is 11.6 Å². The second kappa shape index (κ2) is 4.90. The molecule has 0 aliphatic carbocycles. The zero-order valence-electron chi connectivity index (χ0n) is 7.37. The van der Waals surface area contributed by atoms with Crippen LogP contribution in [0.5, 0.6) is 5.75 Å². The topological polar surface area (TPSA) is 70.6 Å². The third-order valence-corrected chi connectivity index (χ3v) is 1.84. The van der Waals surface area contributed by atoms with Crippen LogP contribution in [0.2, 0.25) is 5.02 Å². The standard InChI is InChI=1S/C8H7ClFN3OS/c9-5-1-4(3-12-13-8(11)15)6(10)2-7(5)14/h1-3,14H,(H3,11,13,15). The molecule has 0 saturated carbocycles. The third kappa shape index (κ3) is 3.34. The number of phenols is 1. The highest BCUT2D eigenvalue weighted by Crippen LogP contribution is 2.25. The number of rotatable bonds is 2. The molecule has 0 aliphatic heterocycles. The van der Waals surface area contributed by atoms with Crippen LogP contribution in [0, 0.1) is 5.82 Å². The molecule has 15 heavy (non-hydrogen) atoms. The molecule has 0 bridgehead atoms. The molecule has 0 saturated heterocycles. The Morgan fingerprint density at radius 2 is 2.33 bits per heavy atom.